The first kappa shape index (κ1) is 18.8. The van der Waals surface area contributed by atoms with Crippen LogP contribution in [0.5, 0.6) is 5.88 Å². The lowest BCUT2D eigenvalue weighted by Crippen LogP contribution is -2.46. The predicted octanol–water partition coefficient (Wildman–Crippen LogP) is 4.09. The van der Waals surface area contributed by atoms with Crippen LogP contribution in [0.1, 0.15) is 56.1 Å². The van der Waals surface area contributed by atoms with Crippen molar-refractivity contribution in [3.63, 3.8) is 0 Å². The predicted molar refractivity (Wildman–Crippen MR) is 105 cm³/mol. The normalized spacial score (nSPS) is 17.9. The average Bonchev–Trinajstić information content (AvgIpc) is 3.45. The highest BCUT2D eigenvalue weighted by molar-refractivity contribution is 5.76. The molecule has 1 saturated heterocycles. The van der Waals surface area contributed by atoms with Crippen molar-refractivity contribution in [2.75, 3.05) is 24.6 Å². The van der Waals surface area contributed by atoms with Crippen LogP contribution in [0.2, 0.25) is 0 Å². The number of nitrogens with zero attached hydrogens (tertiary/aromatic N) is 3. The van der Waals surface area contributed by atoms with Crippen molar-refractivity contribution < 1.29 is 13.9 Å². The van der Waals surface area contributed by atoms with Gasteiger partial charge in [0.2, 0.25) is 5.82 Å². The molecule has 148 valence electrons. The fourth-order valence-corrected chi connectivity index (χ4v) is 3.66. The lowest BCUT2D eigenvalue weighted by molar-refractivity contribution is -0.117. The topological polar surface area (TPSA) is 55.3 Å². The smallest absolute Gasteiger partial charge is 0.255 e. The number of benzene rings is 1. The standard InChI is InChI=1S/C22H26FN3O2/c1-14(9-15(2)27)17-5-7-18(8-6-17)19-10-26(11-19)21-20(23)22(25-13-24-21)28-12-16-3-4-16/h5-8,13-14,16,19H,3-4,9-12H2,1-2H3/t14-/m1/s1. The van der Waals surface area contributed by atoms with Crippen LogP contribution in [-0.4, -0.2) is 35.4 Å². The zero-order valence-corrected chi connectivity index (χ0v) is 16.4. The van der Waals surface area contributed by atoms with Gasteiger partial charge >= 0.3 is 0 Å². The minimum absolute atomic E-state index is 0.0594. The Morgan fingerprint density at radius 2 is 1.96 bits per heavy atom. The number of hydrogen-bond donors (Lipinski definition) is 0. The van der Waals surface area contributed by atoms with Gasteiger partial charge in [0.05, 0.1) is 6.61 Å². The molecule has 4 rings (SSSR count). The van der Waals surface area contributed by atoms with Gasteiger partial charge in [0.15, 0.2) is 5.82 Å². The monoisotopic (exact) mass is 383 g/mol. The molecule has 1 saturated carbocycles. The molecule has 0 unspecified atom stereocenters. The first-order chi connectivity index (χ1) is 13.5. The number of anilines is 1. The van der Waals surface area contributed by atoms with Crippen LogP contribution in [-0.2, 0) is 4.79 Å². The van der Waals surface area contributed by atoms with Gasteiger partial charge in [0.25, 0.3) is 5.88 Å². The molecule has 2 aromatic rings. The van der Waals surface area contributed by atoms with Gasteiger partial charge < -0.3 is 14.4 Å². The van der Waals surface area contributed by atoms with Crippen molar-refractivity contribution in [2.45, 2.75) is 44.9 Å². The number of ketones is 1. The second kappa shape index (κ2) is 7.86. The Morgan fingerprint density at radius 1 is 1.25 bits per heavy atom. The summed E-state index contributed by atoms with van der Waals surface area (Å²) in [4.78, 5) is 21.3. The number of ether oxygens (including phenoxy) is 1. The maximum atomic E-state index is 14.7. The maximum absolute atomic E-state index is 14.7. The van der Waals surface area contributed by atoms with E-state index in [9.17, 15) is 9.18 Å². The van der Waals surface area contributed by atoms with Gasteiger partial charge in [-0.15, -0.1) is 0 Å². The highest BCUT2D eigenvalue weighted by Gasteiger charge is 2.32. The van der Waals surface area contributed by atoms with E-state index in [0.29, 0.717) is 30.7 Å². The van der Waals surface area contributed by atoms with Gasteiger partial charge in [0, 0.05) is 25.4 Å². The molecule has 0 bridgehead atoms. The van der Waals surface area contributed by atoms with Crippen LogP contribution in [0, 0.1) is 11.7 Å². The number of carbonyl (C=O) groups excluding carboxylic acids is 1. The van der Waals surface area contributed by atoms with E-state index in [-0.39, 0.29) is 17.6 Å². The Labute approximate surface area is 164 Å². The highest BCUT2D eigenvalue weighted by Crippen LogP contribution is 2.35. The second-order valence-electron chi connectivity index (χ2n) is 8.15. The summed E-state index contributed by atoms with van der Waals surface area (Å²) in [7, 11) is 0. The maximum Gasteiger partial charge on any atom is 0.255 e. The van der Waals surface area contributed by atoms with Crippen molar-refractivity contribution in [3.8, 4) is 5.88 Å². The van der Waals surface area contributed by atoms with Gasteiger partial charge in [-0.05, 0) is 42.7 Å². The molecule has 0 N–H and O–H groups in total. The molecular formula is C22H26FN3O2. The summed E-state index contributed by atoms with van der Waals surface area (Å²) >= 11 is 0. The Hall–Kier alpha value is -2.50. The fourth-order valence-electron chi connectivity index (χ4n) is 3.66. The van der Waals surface area contributed by atoms with Gasteiger partial charge in [-0.25, -0.2) is 4.98 Å². The van der Waals surface area contributed by atoms with Gasteiger partial charge in [0.1, 0.15) is 12.1 Å². The summed E-state index contributed by atoms with van der Waals surface area (Å²) in [6.45, 7) is 5.67. The molecule has 0 amide bonds. The molecule has 0 radical (unpaired) electrons. The number of hydrogen-bond acceptors (Lipinski definition) is 5. The zero-order valence-electron chi connectivity index (χ0n) is 16.4. The summed E-state index contributed by atoms with van der Waals surface area (Å²) in [5.41, 5.74) is 2.41. The first-order valence-corrected chi connectivity index (χ1v) is 9.98. The van der Waals surface area contributed by atoms with E-state index in [4.69, 9.17) is 4.74 Å². The summed E-state index contributed by atoms with van der Waals surface area (Å²) in [5.74, 6) is 1.25. The quantitative estimate of drug-likeness (QED) is 0.687. The van der Waals surface area contributed by atoms with E-state index in [0.717, 1.165) is 25.9 Å². The number of aromatic nitrogens is 2. The third-order valence-corrected chi connectivity index (χ3v) is 5.64. The van der Waals surface area contributed by atoms with E-state index < -0.39 is 5.82 Å². The molecule has 0 spiro atoms. The minimum atomic E-state index is -0.463. The van der Waals surface area contributed by atoms with Crippen molar-refractivity contribution in [1.82, 2.24) is 9.97 Å². The first-order valence-electron chi connectivity index (χ1n) is 9.98. The Kier molecular flexibility index (Phi) is 5.29. The van der Waals surface area contributed by atoms with E-state index in [1.54, 1.807) is 6.92 Å². The zero-order chi connectivity index (χ0) is 19.7. The Balaban J connectivity index is 1.36. The van der Waals surface area contributed by atoms with Crippen molar-refractivity contribution >= 4 is 11.6 Å². The third kappa shape index (κ3) is 4.16. The lowest BCUT2D eigenvalue weighted by atomic mass is 9.88. The van der Waals surface area contributed by atoms with Crippen LogP contribution >= 0.6 is 0 Å². The lowest BCUT2D eigenvalue weighted by Gasteiger charge is -2.40. The number of Topliss-reactive ketones (excluding diaryl/α,β-unsaturated/α-hetero) is 1. The largest absolute Gasteiger partial charge is 0.475 e. The van der Waals surface area contributed by atoms with E-state index >= 15 is 0 Å². The molecule has 1 aliphatic carbocycles. The van der Waals surface area contributed by atoms with E-state index in [1.165, 1.54) is 17.5 Å². The fraction of sp³-hybridized carbons (Fsp3) is 0.500. The molecule has 1 aromatic carbocycles. The van der Waals surface area contributed by atoms with Crippen LogP contribution in [0.4, 0.5) is 10.2 Å². The molecule has 1 aliphatic heterocycles. The summed E-state index contributed by atoms with van der Waals surface area (Å²) in [6.07, 6.45) is 4.24. The number of halogens is 1. The van der Waals surface area contributed by atoms with Gasteiger partial charge in [-0.2, -0.15) is 9.37 Å². The molecule has 1 atom stereocenters. The molecule has 2 heterocycles. The average molecular weight is 383 g/mol. The molecular weight excluding hydrogens is 357 g/mol. The number of carbonyl (C=O) groups is 1. The number of rotatable bonds is 8. The molecule has 5 nitrogen and oxygen atoms in total. The van der Waals surface area contributed by atoms with Crippen molar-refractivity contribution in [3.05, 3.63) is 47.5 Å². The molecule has 1 aromatic heterocycles. The van der Waals surface area contributed by atoms with Crippen LogP contribution < -0.4 is 9.64 Å². The summed E-state index contributed by atoms with van der Waals surface area (Å²) in [6, 6.07) is 8.43. The summed E-state index contributed by atoms with van der Waals surface area (Å²) < 4.78 is 20.2. The Morgan fingerprint density at radius 3 is 2.61 bits per heavy atom. The van der Waals surface area contributed by atoms with E-state index in [1.807, 2.05) is 4.90 Å². The van der Waals surface area contributed by atoms with Gasteiger partial charge in [-0.1, -0.05) is 31.2 Å². The van der Waals surface area contributed by atoms with Crippen LogP contribution in [0.25, 0.3) is 0 Å². The molecule has 6 heteroatoms. The van der Waals surface area contributed by atoms with Crippen molar-refractivity contribution in [2.24, 2.45) is 5.92 Å². The SMILES string of the molecule is CC(=O)C[C@@H](C)c1ccc(C2CN(c3ncnc(OCC4CC4)c3F)C2)cc1. The molecule has 28 heavy (non-hydrogen) atoms. The van der Waals surface area contributed by atoms with Crippen LogP contribution in [0.3, 0.4) is 0 Å². The summed E-state index contributed by atoms with van der Waals surface area (Å²) in [5, 5.41) is 0. The van der Waals surface area contributed by atoms with Crippen LogP contribution in [0.15, 0.2) is 30.6 Å². The molecule has 2 fully saturated rings. The second-order valence-corrected chi connectivity index (χ2v) is 8.15. The third-order valence-electron chi connectivity index (χ3n) is 5.64. The Bertz CT molecular complexity index is 845. The minimum Gasteiger partial charge on any atom is -0.475 e. The van der Waals surface area contributed by atoms with Gasteiger partial charge in [-0.3, -0.25) is 0 Å². The van der Waals surface area contributed by atoms with E-state index in [2.05, 4.69) is 41.2 Å². The highest BCUT2D eigenvalue weighted by atomic mass is 19.1. The molecule has 2 aliphatic rings. The van der Waals surface area contributed by atoms with Crippen molar-refractivity contribution in [1.29, 1.82) is 0 Å².